The molecule has 1 aromatic heterocycles. The zero-order chi connectivity index (χ0) is 21.8. The van der Waals surface area contributed by atoms with Gasteiger partial charge in [0.25, 0.3) is 5.91 Å². The number of nitrogens with zero attached hydrogens (tertiary/aromatic N) is 3. The van der Waals surface area contributed by atoms with Crippen LogP contribution in [0, 0.1) is 13.8 Å². The van der Waals surface area contributed by atoms with Crippen LogP contribution in [-0.2, 0) is 0 Å². The van der Waals surface area contributed by atoms with Crippen LogP contribution in [0.1, 0.15) is 47.7 Å². The van der Waals surface area contributed by atoms with E-state index in [-0.39, 0.29) is 5.91 Å². The molecule has 2 aromatic carbocycles. The molecule has 4 rings (SSSR count). The molecule has 164 valence electrons. The lowest BCUT2D eigenvalue weighted by atomic mass is 10.1. The molecule has 1 aliphatic rings. The summed E-state index contributed by atoms with van der Waals surface area (Å²) >= 11 is 1.75. The number of anilines is 1. The quantitative estimate of drug-likeness (QED) is 0.462. The highest BCUT2D eigenvalue weighted by Gasteiger charge is 2.24. The number of carbonyl (C=O) groups excluding carboxylic acids is 1. The van der Waals surface area contributed by atoms with Gasteiger partial charge in [-0.3, -0.25) is 4.79 Å². The number of unbranched alkanes of at least 4 members (excludes halogenated alkanes) is 2. The number of hydrogen-bond donors (Lipinski definition) is 0. The third kappa shape index (κ3) is 5.01. The van der Waals surface area contributed by atoms with Crippen LogP contribution in [0.5, 0.6) is 5.75 Å². The number of benzene rings is 2. The molecule has 0 aliphatic carbocycles. The molecule has 0 N–H and O–H groups in total. The van der Waals surface area contributed by atoms with E-state index in [1.165, 1.54) is 28.7 Å². The monoisotopic (exact) mass is 437 g/mol. The Morgan fingerprint density at radius 3 is 2.52 bits per heavy atom. The highest BCUT2D eigenvalue weighted by molar-refractivity contribution is 7.22. The number of aromatic nitrogens is 1. The summed E-state index contributed by atoms with van der Waals surface area (Å²) in [5.74, 6) is 0.923. The van der Waals surface area contributed by atoms with Gasteiger partial charge < -0.3 is 14.5 Å². The Labute approximate surface area is 188 Å². The Kier molecular flexibility index (Phi) is 6.76. The Hall–Kier alpha value is -2.60. The van der Waals surface area contributed by atoms with E-state index in [0.717, 1.165) is 48.1 Å². The van der Waals surface area contributed by atoms with Crippen LogP contribution in [0.2, 0.25) is 0 Å². The van der Waals surface area contributed by atoms with Gasteiger partial charge in [0.1, 0.15) is 5.75 Å². The van der Waals surface area contributed by atoms with Gasteiger partial charge in [-0.05, 0) is 61.7 Å². The lowest BCUT2D eigenvalue weighted by Gasteiger charge is -2.34. The van der Waals surface area contributed by atoms with Crippen molar-refractivity contribution in [2.45, 2.75) is 40.0 Å². The number of piperazine rings is 1. The molecule has 1 amide bonds. The van der Waals surface area contributed by atoms with Crippen molar-refractivity contribution in [3.05, 3.63) is 53.1 Å². The molecule has 1 fully saturated rings. The molecule has 6 heteroatoms. The van der Waals surface area contributed by atoms with E-state index < -0.39 is 0 Å². The van der Waals surface area contributed by atoms with Gasteiger partial charge in [0.2, 0.25) is 0 Å². The number of thiazole rings is 1. The Balaban J connectivity index is 1.34. The largest absolute Gasteiger partial charge is 0.494 e. The van der Waals surface area contributed by atoms with Crippen molar-refractivity contribution in [3.63, 3.8) is 0 Å². The third-order valence-corrected chi connectivity index (χ3v) is 7.03. The standard InChI is InChI=1S/C25H31N3O2S/c1-4-5-6-15-30-21-9-7-20(8-10-21)24(29)27-11-13-28(14-12-27)25-26-22-17-18(2)16-19(3)23(22)31-25/h7-10,16-17H,4-6,11-15H2,1-3H3. The van der Waals surface area contributed by atoms with Crippen LogP contribution in [-0.4, -0.2) is 48.6 Å². The zero-order valence-electron chi connectivity index (χ0n) is 18.7. The zero-order valence-corrected chi connectivity index (χ0v) is 19.5. The molecule has 1 aliphatic heterocycles. The van der Waals surface area contributed by atoms with Crippen LogP contribution < -0.4 is 9.64 Å². The van der Waals surface area contributed by atoms with Crippen molar-refractivity contribution < 1.29 is 9.53 Å². The number of fused-ring (bicyclic) bond motifs is 1. The first kappa shape index (κ1) is 21.6. The number of amides is 1. The van der Waals surface area contributed by atoms with Crippen LogP contribution in [0.15, 0.2) is 36.4 Å². The maximum Gasteiger partial charge on any atom is 0.253 e. The minimum Gasteiger partial charge on any atom is -0.494 e. The fraction of sp³-hybridized carbons (Fsp3) is 0.440. The molecule has 0 bridgehead atoms. The maximum atomic E-state index is 12.9. The summed E-state index contributed by atoms with van der Waals surface area (Å²) in [6.07, 6.45) is 3.43. The molecular formula is C25H31N3O2S. The highest BCUT2D eigenvalue weighted by Crippen LogP contribution is 2.32. The predicted octanol–water partition coefficient (Wildman–Crippen LogP) is 5.44. The average Bonchev–Trinajstić information content (AvgIpc) is 3.21. The van der Waals surface area contributed by atoms with Crippen molar-refractivity contribution in [2.24, 2.45) is 0 Å². The van der Waals surface area contributed by atoms with Crippen LogP contribution in [0.4, 0.5) is 5.13 Å². The molecule has 0 saturated carbocycles. The Morgan fingerprint density at radius 1 is 1.06 bits per heavy atom. The number of rotatable bonds is 7. The summed E-state index contributed by atoms with van der Waals surface area (Å²) in [7, 11) is 0. The smallest absolute Gasteiger partial charge is 0.253 e. The summed E-state index contributed by atoms with van der Waals surface area (Å²) in [5.41, 5.74) is 4.33. The molecule has 31 heavy (non-hydrogen) atoms. The van der Waals surface area contributed by atoms with E-state index in [9.17, 15) is 4.79 Å². The molecule has 3 aromatic rings. The van der Waals surface area contributed by atoms with Gasteiger partial charge in [-0.2, -0.15) is 0 Å². The first-order valence-electron chi connectivity index (χ1n) is 11.2. The van der Waals surface area contributed by atoms with Gasteiger partial charge in [0, 0.05) is 31.7 Å². The molecule has 0 spiro atoms. The number of aryl methyl sites for hydroxylation is 2. The third-order valence-electron chi connectivity index (χ3n) is 5.76. The molecule has 0 atom stereocenters. The van der Waals surface area contributed by atoms with E-state index in [1.54, 1.807) is 11.3 Å². The van der Waals surface area contributed by atoms with E-state index in [4.69, 9.17) is 9.72 Å². The lowest BCUT2D eigenvalue weighted by molar-refractivity contribution is 0.0746. The normalized spacial score (nSPS) is 14.3. The number of ether oxygens (including phenoxy) is 1. The predicted molar refractivity (Wildman–Crippen MR) is 129 cm³/mol. The topological polar surface area (TPSA) is 45.7 Å². The summed E-state index contributed by atoms with van der Waals surface area (Å²) in [6.45, 7) is 10.2. The van der Waals surface area contributed by atoms with Crippen LogP contribution >= 0.6 is 11.3 Å². The fourth-order valence-electron chi connectivity index (χ4n) is 4.02. The van der Waals surface area contributed by atoms with Gasteiger partial charge in [0.15, 0.2) is 5.13 Å². The molecule has 0 radical (unpaired) electrons. The first-order valence-corrected chi connectivity index (χ1v) is 12.0. The van der Waals surface area contributed by atoms with Crippen molar-refractivity contribution in [1.82, 2.24) is 9.88 Å². The van der Waals surface area contributed by atoms with E-state index in [2.05, 4.69) is 37.8 Å². The molecular weight excluding hydrogens is 406 g/mol. The van der Waals surface area contributed by atoms with Crippen molar-refractivity contribution in [2.75, 3.05) is 37.7 Å². The van der Waals surface area contributed by atoms with Gasteiger partial charge in [-0.1, -0.05) is 37.2 Å². The van der Waals surface area contributed by atoms with Gasteiger partial charge in [-0.25, -0.2) is 4.98 Å². The van der Waals surface area contributed by atoms with Gasteiger partial charge in [0.05, 0.1) is 16.8 Å². The summed E-state index contributed by atoms with van der Waals surface area (Å²) < 4.78 is 7.01. The first-order chi connectivity index (χ1) is 15.0. The maximum absolute atomic E-state index is 12.9. The second-order valence-electron chi connectivity index (χ2n) is 8.29. The van der Waals surface area contributed by atoms with Crippen LogP contribution in [0.25, 0.3) is 10.2 Å². The molecule has 1 saturated heterocycles. The van der Waals surface area contributed by atoms with Crippen molar-refractivity contribution in [3.8, 4) is 5.75 Å². The van der Waals surface area contributed by atoms with E-state index in [0.29, 0.717) is 13.1 Å². The molecule has 0 unspecified atom stereocenters. The van der Waals surface area contributed by atoms with Gasteiger partial charge in [-0.15, -0.1) is 0 Å². The highest BCUT2D eigenvalue weighted by atomic mass is 32.1. The Bertz CT molecular complexity index is 1040. The van der Waals surface area contributed by atoms with Crippen molar-refractivity contribution in [1.29, 1.82) is 0 Å². The summed E-state index contributed by atoms with van der Waals surface area (Å²) in [5, 5.41) is 1.06. The second-order valence-corrected chi connectivity index (χ2v) is 9.26. The minimum absolute atomic E-state index is 0.0907. The fourth-order valence-corrected chi connectivity index (χ4v) is 5.09. The summed E-state index contributed by atoms with van der Waals surface area (Å²) in [6, 6.07) is 11.9. The number of carbonyl (C=O) groups is 1. The second kappa shape index (κ2) is 9.69. The summed E-state index contributed by atoms with van der Waals surface area (Å²) in [4.78, 5) is 22.0. The van der Waals surface area contributed by atoms with E-state index >= 15 is 0 Å². The SMILES string of the molecule is CCCCCOc1ccc(C(=O)N2CCN(c3nc4cc(C)cc(C)c4s3)CC2)cc1. The molecule has 5 nitrogen and oxygen atoms in total. The van der Waals surface area contributed by atoms with Crippen molar-refractivity contribution >= 4 is 32.6 Å². The van der Waals surface area contributed by atoms with Gasteiger partial charge >= 0.3 is 0 Å². The lowest BCUT2D eigenvalue weighted by Crippen LogP contribution is -2.48. The van der Waals surface area contributed by atoms with Crippen LogP contribution in [0.3, 0.4) is 0 Å². The van der Waals surface area contributed by atoms with E-state index in [1.807, 2.05) is 29.2 Å². The Morgan fingerprint density at radius 2 is 1.81 bits per heavy atom. The average molecular weight is 438 g/mol. The molecule has 2 heterocycles. The minimum atomic E-state index is 0.0907. The number of hydrogen-bond acceptors (Lipinski definition) is 5.